The molecule has 0 aliphatic carbocycles. The Bertz CT molecular complexity index is 1030. The minimum absolute atomic E-state index is 0.398. The summed E-state index contributed by atoms with van der Waals surface area (Å²) in [5.41, 5.74) is 4.21. The Balaban J connectivity index is 2.21. The van der Waals surface area contributed by atoms with Crippen molar-refractivity contribution in [2.24, 2.45) is 0 Å². The van der Waals surface area contributed by atoms with Gasteiger partial charge in [0.05, 0.1) is 18.7 Å². The molecule has 3 rings (SSSR count). The summed E-state index contributed by atoms with van der Waals surface area (Å²) in [6.07, 6.45) is 0. The number of hydrogen-bond acceptors (Lipinski definition) is 4. The van der Waals surface area contributed by atoms with Crippen molar-refractivity contribution in [1.82, 2.24) is 0 Å². The van der Waals surface area contributed by atoms with Crippen molar-refractivity contribution in [3.63, 3.8) is 0 Å². The average molecular weight is 384 g/mol. The number of benzene rings is 3. The molecule has 29 heavy (non-hydrogen) atoms. The number of hydrogen-bond donors (Lipinski definition) is 0. The molecule has 0 radical (unpaired) electrons. The van der Waals surface area contributed by atoms with E-state index in [0.717, 1.165) is 27.9 Å². The van der Waals surface area contributed by atoms with E-state index in [1.807, 2.05) is 86.6 Å². The van der Waals surface area contributed by atoms with Crippen molar-refractivity contribution >= 4 is 11.7 Å². The molecule has 0 fully saturated rings. The lowest BCUT2D eigenvalue weighted by Crippen LogP contribution is -2.27. The zero-order valence-corrected chi connectivity index (χ0v) is 17.1. The van der Waals surface area contributed by atoms with E-state index >= 15 is 0 Å². The molecule has 3 aromatic rings. The maximum Gasteiger partial charge on any atom is 0.337 e. The van der Waals surface area contributed by atoms with Gasteiger partial charge in [-0.1, -0.05) is 54.1 Å². The van der Waals surface area contributed by atoms with Crippen LogP contribution in [0.5, 0.6) is 0 Å². The normalized spacial score (nSPS) is 12.5. The lowest BCUT2D eigenvalue weighted by Gasteiger charge is -2.29. The van der Waals surface area contributed by atoms with Crippen molar-refractivity contribution in [3.05, 3.63) is 101 Å². The third kappa shape index (κ3) is 3.72. The van der Waals surface area contributed by atoms with Crippen molar-refractivity contribution in [2.45, 2.75) is 12.3 Å². The third-order valence-electron chi connectivity index (χ3n) is 5.21. The summed E-state index contributed by atoms with van der Waals surface area (Å²) in [6.45, 7) is 2.02. The first-order valence-corrected chi connectivity index (χ1v) is 9.37. The second kappa shape index (κ2) is 8.20. The van der Waals surface area contributed by atoms with Crippen LogP contribution in [0, 0.1) is 18.3 Å². The molecule has 146 valence electrons. The van der Waals surface area contributed by atoms with Gasteiger partial charge in [0.25, 0.3) is 0 Å². The Hall–Kier alpha value is -3.58. The van der Waals surface area contributed by atoms with Gasteiger partial charge in [0.15, 0.2) is 0 Å². The monoisotopic (exact) mass is 384 g/mol. The Morgan fingerprint density at radius 2 is 1.31 bits per heavy atom. The highest BCUT2D eigenvalue weighted by Crippen LogP contribution is 2.39. The summed E-state index contributed by atoms with van der Waals surface area (Å²) >= 11 is 0. The molecule has 0 aliphatic heterocycles. The van der Waals surface area contributed by atoms with E-state index in [-0.39, 0.29) is 0 Å². The van der Waals surface area contributed by atoms with Gasteiger partial charge in [0.2, 0.25) is 0 Å². The fourth-order valence-electron chi connectivity index (χ4n) is 3.48. The van der Waals surface area contributed by atoms with Gasteiger partial charge in [-0.15, -0.1) is 0 Å². The van der Waals surface area contributed by atoms with Crippen LogP contribution in [0.4, 0.5) is 5.69 Å². The summed E-state index contributed by atoms with van der Waals surface area (Å²) in [4.78, 5) is 13.9. The first-order valence-electron chi connectivity index (χ1n) is 9.37. The smallest absolute Gasteiger partial charge is 0.337 e. The van der Waals surface area contributed by atoms with E-state index in [2.05, 4.69) is 6.07 Å². The standard InChI is InChI=1S/C25H24N2O2/c1-18-5-9-20(10-6-18)25(17-26,22-13-15-23(16-14-22)27(2)3)21-11-7-19(8-12-21)24(28)29-4/h5-16H,1-4H3. The molecule has 0 amide bonds. The summed E-state index contributed by atoms with van der Waals surface area (Å²) in [5.74, 6) is -0.398. The highest BCUT2D eigenvalue weighted by molar-refractivity contribution is 5.89. The van der Waals surface area contributed by atoms with Crippen LogP contribution in [0.15, 0.2) is 72.8 Å². The lowest BCUT2D eigenvalue weighted by molar-refractivity contribution is 0.0600. The van der Waals surface area contributed by atoms with Gasteiger partial charge in [0.1, 0.15) is 5.41 Å². The van der Waals surface area contributed by atoms with Gasteiger partial charge in [-0.3, -0.25) is 0 Å². The van der Waals surface area contributed by atoms with Crippen molar-refractivity contribution in [3.8, 4) is 6.07 Å². The molecule has 0 N–H and O–H groups in total. The zero-order valence-electron chi connectivity index (χ0n) is 17.1. The van der Waals surface area contributed by atoms with Gasteiger partial charge in [-0.05, 0) is 47.9 Å². The van der Waals surface area contributed by atoms with E-state index in [9.17, 15) is 10.1 Å². The number of methoxy groups -OCH3 is 1. The van der Waals surface area contributed by atoms with Gasteiger partial charge in [-0.25, -0.2) is 4.79 Å². The molecule has 0 aromatic heterocycles. The summed E-state index contributed by atoms with van der Waals surface area (Å²) in [7, 11) is 5.32. The topological polar surface area (TPSA) is 53.3 Å². The quantitative estimate of drug-likeness (QED) is 0.472. The molecule has 0 spiro atoms. The molecule has 4 nitrogen and oxygen atoms in total. The molecule has 0 heterocycles. The first-order chi connectivity index (χ1) is 13.9. The van der Waals surface area contributed by atoms with E-state index in [1.165, 1.54) is 7.11 Å². The molecular weight excluding hydrogens is 360 g/mol. The lowest BCUT2D eigenvalue weighted by atomic mass is 9.70. The first kappa shape index (κ1) is 20.2. The third-order valence-corrected chi connectivity index (χ3v) is 5.21. The molecule has 0 bridgehead atoms. The molecule has 1 unspecified atom stereocenters. The molecule has 3 aromatic carbocycles. The van der Waals surface area contributed by atoms with Crippen molar-refractivity contribution in [2.75, 3.05) is 26.1 Å². The predicted octanol–water partition coefficient (Wildman–Crippen LogP) is 4.71. The summed E-state index contributed by atoms with van der Waals surface area (Å²) < 4.78 is 4.80. The van der Waals surface area contributed by atoms with Crippen LogP contribution in [-0.4, -0.2) is 27.2 Å². The second-order valence-electron chi connectivity index (χ2n) is 7.24. The minimum atomic E-state index is -0.993. The Labute approximate surface area is 172 Å². The van der Waals surface area contributed by atoms with Gasteiger partial charge >= 0.3 is 5.97 Å². The zero-order chi connectivity index (χ0) is 21.0. The Morgan fingerprint density at radius 1 is 0.862 bits per heavy atom. The van der Waals surface area contributed by atoms with E-state index in [0.29, 0.717) is 5.56 Å². The number of esters is 1. The number of rotatable bonds is 5. The second-order valence-corrected chi connectivity index (χ2v) is 7.24. The fraction of sp³-hybridized carbons (Fsp3) is 0.200. The molecule has 1 atom stereocenters. The maximum absolute atomic E-state index is 11.8. The van der Waals surface area contributed by atoms with Crippen LogP contribution in [0.2, 0.25) is 0 Å². The predicted molar refractivity (Wildman–Crippen MR) is 115 cm³/mol. The van der Waals surface area contributed by atoms with Gasteiger partial charge in [0, 0.05) is 19.8 Å². The van der Waals surface area contributed by atoms with Gasteiger partial charge in [-0.2, -0.15) is 5.26 Å². The van der Waals surface area contributed by atoms with Crippen LogP contribution in [-0.2, 0) is 10.2 Å². The van der Waals surface area contributed by atoms with Crippen LogP contribution >= 0.6 is 0 Å². The van der Waals surface area contributed by atoms with Crippen molar-refractivity contribution < 1.29 is 9.53 Å². The molecule has 4 heteroatoms. The van der Waals surface area contributed by atoms with Crippen LogP contribution < -0.4 is 4.90 Å². The van der Waals surface area contributed by atoms with Gasteiger partial charge < -0.3 is 9.64 Å². The van der Waals surface area contributed by atoms with E-state index < -0.39 is 11.4 Å². The highest BCUT2D eigenvalue weighted by Gasteiger charge is 2.37. The highest BCUT2D eigenvalue weighted by atomic mass is 16.5. The summed E-state index contributed by atoms with van der Waals surface area (Å²) in [6, 6.07) is 25.7. The maximum atomic E-state index is 11.8. The van der Waals surface area contributed by atoms with E-state index in [1.54, 1.807) is 12.1 Å². The number of nitriles is 1. The molecule has 0 aliphatic rings. The van der Waals surface area contributed by atoms with Crippen molar-refractivity contribution in [1.29, 1.82) is 5.26 Å². The summed E-state index contributed by atoms with van der Waals surface area (Å²) in [5, 5.41) is 10.5. The minimum Gasteiger partial charge on any atom is -0.465 e. The number of nitrogens with zero attached hydrogens (tertiary/aromatic N) is 2. The molecular formula is C25H24N2O2. The Kier molecular flexibility index (Phi) is 5.70. The van der Waals surface area contributed by atoms with E-state index in [4.69, 9.17) is 4.74 Å². The number of ether oxygens (including phenoxy) is 1. The fourth-order valence-corrected chi connectivity index (χ4v) is 3.48. The molecule has 0 saturated carbocycles. The molecule has 0 saturated heterocycles. The average Bonchev–Trinajstić information content (AvgIpc) is 2.76. The number of anilines is 1. The number of carbonyl (C=O) groups is 1. The van der Waals surface area contributed by atoms with Crippen LogP contribution in [0.1, 0.15) is 32.6 Å². The SMILES string of the molecule is COC(=O)c1ccc(C(C#N)(c2ccc(C)cc2)c2ccc(N(C)C)cc2)cc1. The largest absolute Gasteiger partial charge is 0.465 e. The van der Waals surface area contributed by atoms with Crippen LogP contribution in [0.3, 0.4) is 0 Å². The Morgan fingerprint density at radius 3 is 1.72 bits per heavy atom. The number of carbonyl (C=O) groups excluding carboxylic acids is 1. The number of aryl methyl sites for hydroxylation is 1. The van der Waals surface area contributed by atoms with Crippen LogP contribution in [0.25, 0.3) is 0 Å².